The number of nitrogen functional groups attached to an aromatic ring is 1. The molecule has 4 aromatic rings. The molecule has 1 aromatic carbocycles. The van der Waals surface area contributed by atoms with E-state index < -0.39 is 17.2 Å². The van der Waals surface area contributed by atoms with E-state index in [4.69, 9.17) is 22.1 Å². The number of nitrogens with zero attached hydrogens (tertiary/aromatic N) is 4. The molecule has 178 valence electrons. The Bertz CT molecular complexity index is 1440. The van der Waals surface area contributed by atoms with Gasteiger partial charge in [-0.3, -0.25) is 14.9 Å². The lowest BCUT2D eigenvalue weighted by atomic mass is 10.0. The van der Waals surface area contributed by atoms with E-state index in [9.17, 15) is 14.0 Å². The largest absolute Gasteiger partial charge is 0.452 e. The Kier molecular flexibility index (Phi) is 6.74. The van der Waals surface area contributed by atoms with Crippen LogP contribution in [0.3, 0.4) is 0 Å². The fourth-order valence-electron chi connectivity index (χ4n) is 3.14. The maximum absolute atomic E-state index is 13.4. The first-order valence-corrected chi connectivity index (χ1v) is 10.8. The van der Waals surface area contributed by atoms with Crippen LogP contribution in [-0.2, 0) is 0 Å². The van der Waals surface area contributed by atoms with Crippen LogP contribution in [0.15, 0.2) is 66.1 Å². The van der Waals surface area contributed by atoms with Crippen molar-refractivity contribution in [1.29, 1.82) is 0 Å². The molecule has 0 saturated carbocycles. The highest BCUT2D eigenvalue weighted by Gasteiger charge is 2.18. The number of nitrogens with one attached hydrogen (secondary N) is 1. The quantitative estimate of drug-likeness (QED) is 0.398. The molecule has 0 aliphatic heterocycles. The second kappa shape index (κ2) is 9.90. The van der Waals surface area contributed by atoms with Gasteiger partial charge in [-0.15, -0.1) is 0 Å². The van der Waals surface area contributed by atoms with Gasteiger partial charge in [-0.25, -0.2) is 19.3 Å². The summed E-state index contributed by atoms with van der Waals surface area (Å²) < 4.78 is 20.7. The van der Waals surface area contributed by atoms with Crippen molar-refractivity contribution in [1.82, 2.24) is 19.5 Å². The molecule has 0 spiro atoms. The molecule has 0 bridgehead atoms. The molecule has 0 aliphatic rings. The average molecular weight is 495 g/mol. The third-order valence-corrected chi connectivity index (χ3v) is 5.38. The first kappa shape index (κ1) is 23.8. The minimum absolute atomic E-state index is 0.0367. The van der Waals surface area contributed by atoms with E-state index in [-0.39, 0.29) is 45.5 Å². The van der Waals surface area contributed by atoms with Crippen molar-refractivity contribution in [2.75, 3.05) is 11.1 Å². The van der Waals surface area contributed by atoms with E-state index in [1.54, 1.807) is 10.8 Å². The highest BCUT2D eigenvalue weighted by atomic mass is 35.5. The third-order valence-electron chi connectivity index (χ3n) is 5.00. The van der Waals surface area contributed by atoms with Crippen LogP contribution in [0, 0.1) is 5.82 Å². The summed E-state index contributed by atoms with van der Waals surface area (Å²) in [5.41, 5.74) is 5.81. The van der Waals surface area contributed by atoms with Gasteiger partial charge in [0.05, 0.1) is 12.4 Å². The zero-order valence-corrected chi connectivity index (χ0v) is 19.5. The van der Waals surface area contributed by atoms with Gasteiger partial charge >= 0.3 is 0 Å². The molecule has 3 heterocycles. The van der Waals surface area contributed by atoms with E-state index in [1.165, 1.54) is 55.1 Å². The number of pyridine rings is 2. The van der Waals surface area contributed by atoms with E-state index in [0.29, 0.717) is 5.56 Å². The second-order valence-electron chi connectivity index (χ2n) is 7.77. The number of carbonyl (C=O) groups excluding carboxylic acids is 1. The molecular formula is C24H20ClFN6O3. The summed E-state index contributed by atoms with van der Waals surface area (Å²) in [6, 6.07) is 6.98. The van der Waals surface area contributed by atoms with E-state index >= 15 is 0 Å². The molecule has 3 N–H and O–H groups in total. The number of carbonyl (C=O) groups is 1. The Hall–Kier alpha value is -4.31. The Balaban J connectivity index is 1.59. The van der Waals surface area contributed by atoms with Crippen LogP contribution in [0.2, 0.25) is 5.02 Å². The average Bonchev–Trinajstić information content (AvgIpc) is 2.84. The molecular weight excluding hydrogens is 475 g/mol. The van der Waals surface area contributed by atoms with Crippen molar-refractivity contribution in [2.24, 2.45) is 0 Å². The molecule has 9 nitrogen and oxygen atoms in total. The van der Waals surface area contributed by atoms with Gasteiger partial charge in [0.15, 0.2) is 11.5 Å². The molecule has 0 fully saturated rings. The molecule has 0 atom stereocenters. The highest BCUT2D eigenvalue weighted by molar-refractivity contribution is 6.34. The number of aromatic nitrogens is 4. The van der Waals surface area contributed by atoms with E-state index in [0.717, 1.165) is 0 Å². The van der Waals surface area contributed by atoms with Crippen molar-refractivity contribution < 1.29 is 13.9 Å². The van der Waals surface area contributed by atoms with Gasteiger partial charge in [0.25, 0.3) is 5.91 Å². The SMILES string of the molecule is CC(C)n1cc(C(=O)Nc2ncc(Oc3ccnc(N)c3Cl)cn2)c(=O)c(-c2ccc(F)cc2)c1. The van der Waals surface area contributed by atoms with Gasteiger partial charge in [-0.05, 0) is 31.5 Å². The van der Waals surface area contributed by atoms with Gasteiger partial charge < -0.3 is 15.0 Å². The maximum atomic E-state index is 13.4. The number of nitrogens with two attached hydrogens (primary N) is 1. The van der Waals surface area contributed by atoms with Crippen molar-refractivity contribution in [3.8, 4) is 22.6 Å². The molecule has 0 aliphatic carbocycles. The molecule has 4 rings (SSSR count). The first-order chi connectivity index (χ1) is 16.7. The predicted molar refractivity (Wildman–Crippen MR) is 130 cm³/mol. The Morgan fingerprint density at radius 3 is 2.46 bits per heavy atom. The zero-order chi connectivity index (χ0) is 25.1. The monoisotopic (exact) mass is 494 g/mol. The van der Waals surface area contributed by atoms with Crippen LogP contribution >= 0.6 is 11.6 Å². The van der Waals surface area contributed by atoms with Crippen LogP contribution in [-0.4, -0.2) is 25.4 Å². The van der Waals surface area contributed by atoms with Gasteiger partial charge in [-0.1, -0.05) is 23.7 Å². The smallest absolute Gasteiger partial charge is 0.263 e. The maximum Gasteiger partial charge on any atom is 0.263 e. The first-order valence-electron chi connectivity index (χ1n) is 10.5. The molecule has 3 aromatic heterocycles. The summed E-state index contributed by atoms with van der Waals surface area (Å²) in [5, 5.41) is 2.66. The summed E-state index contributed by atoms with van der Waals surface area (Å²) in [6.45, 7) is 3.82. The normalized spacial score (nSPS) is 10.9. The molecule has 1 amide bonds. The van der Waals surface area contributed by atoms with Crippen LogP contribution in [0.25, 0.3) is 11.1 Å². The van der Waals surface area contributed by atoms with Gasteiger partial charge in [0, 0.05) is 36.3 Å². The number of ether oxygens (including phenoxy) is 1. The van der Waals surface area contributed by atoms with Crippen molar-refractivity contribution in [2.45, 2.75) is 19.9 Å². The number of benzene rings is 1. The highest BCUT2D eigenvalue weighted by Crippen LogP contribution is 2.31. The molecule has 0 unspecified atom stereocenters. The Morgan fingerprint density at radius 1 is 1.11 bits per heavy atom. The molecule has 11 heteroatoms. The zero-order valence-electron chi connectivity index (χ0n) is 18.7. The topological polar surface area (TPSA) is 125 Å². The predicted octanol–water partition coefficient (Wildman–Crippen LogP) is 4.70. The number of halogens is 2. The van der Waals surface area contributed by atoms with Gasteiger partial charge in [0.2, 0.25) is 11.4 Å². The van der Waals surface area contributed by atoms with Gasteiger partial charge in [0.1, 0.15) is 22.2 Å². The summed E-state index contributed by atoms with van der Waals surface area (Å²) in [7, 11) is 0. The van der Waals surface area contributed by atoms with Gasteiger partial charge in [-0.2, -0.15) is 0 Å². The fourth-order valence-corrected chi connectivity index (χ4v) is 3.29. The lowest BCUT2D eigenvalue weighted by molar-refractivity contribution is 0.102. The number of hydrogen-bond donors (Lipinski definition) is 2. The van der Waals surface area contributed by atoms with E-state index in [1.807, 2.05) is 13.8 Å². The Labute approximate surface area is 204 Å². The van der Waals surface area contributed by atoms with E-state index in [2.05, 4.69) is 20.3 Å². The lowest BCUT2D eigenvalue weighted by Crippen LogP contribution is -2.25. The van der Waals surface area contributed by atoms with Crippen molar-refractivity contribution in [3.63, 3.8) is 0 Å². The number of hydrogen-bond acceptors (Lipinski definition) is 7. The lowest BCUT2D eigenvalue weighted by Gasteiger charge is -2.15. The number of amides is 1. The van der Waals surface area contributed by atoms with Crippen molar-refractivity contribution in [3.05, 3.63) is 87.9 Å². The number of rotatable bonds is 6. The standard InChI is InChI=1S/C24H20ClFN6O3/c1-13(2)32-11-17(14-3-5-15(26)6-4-14)21(33)18(12-32)23(34)31-24-29-9-16(10-30-24)35-19-7-8-28-22(27)20(19)25/h3-13H,1-2H3,(H2,27,28)(H,29,30,31,34). The summed E-state index contributed by atoms with van der Waals surface area (Å²) in [4.78, 5) is 38.1. The van der Waals surface area contributed by atoms with Crippen molar-refractivity contribution >= 4 is 29.3 Å². The van der Waals surface area contributed by atoms with Crippen LogP contribution in [0.1, 0.15) is 30.2 Å². The summed E-state index contributed by atoms with van der Waals surface area (Å²) in [5.74, 6) is -0.519. The molecule has 0 saturated heterocycles. The minimum atomic E-state index is -0.688. The minimum Gasteiger partial charge on any atom is -0.452 e. The number of anilines is 2. The fraction of sp³-hybridized carbons (Fsp3) is 0.125. The van der Waals surface area contributed by atoms with Crippen LogP contribution in [0.4, 0.5) is 16.2 Å². The molecule has 35 heavy (non-hydrogen) atoms. The van der Waals surface area contributed by atoms with Crippen LogP contribution < -0.4 is 21.2 Å². The second-order valence-corrected chi connectivity index (χ2v) is 8.15. The molecule has 0 radical (unpaired) electrons. The summed E-state index contributed by atoms with van der Waals surface area (Å²) >= 11 is 6.07. The third kappa shape index (κ3) is 5.28. The van der Waals surface area contributed by atoms with Crippen LogP contribution in [0.5, 0.6) is 11.5 Å². The summed E-state index contributed by atoms with van der Waals surface area (Å²) in [6.07, 6.45) is 7.20. The Morgan fingerprint density at radius 2 is 1.80 bits per heavy atom.